The van der Waals surface area contributed by atoms with Crippen molar-refractivity contribution < 1.29 is 0 Å². The lowest BCUT2D eigenvalue weighted by atomic mass is 9.73. The van der Waals surface area contributed by atoms with Gasteiger partial charge in [-0.3, -0.25) is 0 Å². The summed E-state index contributed by atoms with van der Waals surface area (Å²) in [6.07, 6.45) is 12.2. The molecule has 200 valence electrons. The molecule has 1 aromatic carbocycles. The molecule has 0 spiro atoms. The quantitative estimate of drug-likeness (QED) is 0.269. The molecule has 0 amide bonds. The van der Waals surface area contributed by atoms with Crippen LogP contribution >= 0.6 is 0 Å². The van der Waals surface area contributed by atoms with Crippen LogP contribution in [0.4, 0.5) is 0 Å². The molecule has 1 unspecified atom stereocenters. The van der Waals surface area contributed by atoms with Crippen LogP contribution in [0.25, 0.3) is 0 Å². The maximum absolute atomic E-state index is 4.63. The van der Waals surface area contributed by atoms with Crippen molar-refractivity contribution in [2.75, 3.05) is 6.54 Å². The molecule has 1 fully saturated rings. The van der Waals surface area contributed by atoms with E-state index in [-0.39, 0.29) is 5.41 Å². The van der Waals surface area contributed by atoms with Crippen molar-refractivity contribution in [2.24, 2.45) is 23.2 Å². The Morgan fingerprint density at radius 2 is 1.64 bits per heavy atom. The second-order valence-corrected chi connectivity index (χ2v) is 12.7. The number of allylic oxidation sites excluding steroid dienone is 4. The Morgan fingerprint density at radius 1 is 1.06 bits per heavy atom. The first-order chi connectivity index (χ1) is 17.0. The van der Waals surface area contributed by atoms with Crippen LogP contribution in [0.1, 0.15) is 105 Å². The number of hydrogen-bond acceptors (Lipinski definition) is 1. The van der Waals surface area contributed by atoms with Gasteiger partial charge in [-0.2, -0.15) is 0 Å². The van der Waals surface area contributed by atoms with E-state index < -0.39 is 0 Å². The fraction of sp³-hybridized carbons (Fsp3) is 0.600. The second kappa shape index (κ2) is 14.1. The molecule has 0 bridgehead atoms. The fourth-order valence-electron chi connectivity index (χ4n) is 5.53. The van der Waals surface area contributed by atoms with Crippen LogP contribution in [0.5, 0.6) is 0 Å². The highest BCUT2D eigenvalue weighted by Crippen LogP contribution is 2.44. The summed E-state index contributed by atoms with van der Waals surface area (Å²) in [5.74, 6) is 1.91. The first-order valence-corrected chi connectivity index (χ1v) is 14.6. The number of nitrogens with one attached hydrogen (secondary N) is 1. The third-order valence-electron chi connectivity index (χ3n) is 7.64. The number of hydrogen-bond donors (Lipinski definition) is 1. The third kappa shape index (κ3) is 9.13. The zero-order valence-corrected chi connectivity index (χ0v) is 24.9. The monoisotopic (exact) mass is 489 g/mol. The second-order valence-electron chi connectivity index (χ2n) is 12.7. The van der Waals surface area contributed by atoms with Crippen LogP contribution < -0.4 is 5.32 Å². The summed E-state index contributed by atoms with van der Waals surface area (Å²) in [5.41, 5.74) is 9.75. The molecular weight excluding hydrogens is 434 g/mol. The molecule has 2 aliphatic carbocycles. The van der Waals surface area contributed by atoms with Crippen molar-refractivity contribution in [2.45, 2.75) is 107 Å². The topological polar surface area (TPSA) is 12.0 Å². The number of aryl methyl sites for hydroxylation is 2. The van der Waals surface area contributed by atoms with E-state index in [1.54, 1.807) is 0 Å². The Bertz CT molecular complexity index is 910. The Hall–Kier alpha value is -2.02. The molecular formula is C35H55N. The van der Waals surface area contributed by atoms with Crippen molar-refractivity contribution in [3.05, 3.63) is 82.6 Å². The van der Waals surface area contributed by atoms with Gasteiger partial charge in [-0.1, -0.05) is 116 Å². The SMILES string of the molecule is C=C1C(NCCCc2ccc(C)cc2)=CC(CC(C)(C)C)=C1C(C)C(=C)C1CCC(C)CC1.CCC. The molecule has 0 heterocycles. The molecule has 1 aromatic rings. The maximum atomic E-state index is 4.63. The van der Waals surface area contributed by atoms with Gasteiger partial charge < -0.3 is 5.32 Å². The fourth-order valence-corrected chi connectivity index (χ4v) is 5.53. The highest BCUT2D eigenvalue weighted by atomic mass is 14.9. The molecule has 1 nitrogen and oxygen atoms in total. The standard InChI is InChI=1S/C32H47N.C3H8/c1-22-11-15-27(16-12-22)10-9-19-33-30-20-29(21-32(6,7)8)31(26(30)5)25(4)24(3)28-17-13-23(2)14-18-28;1-3-2/h11-12,15-16,20,23,25,28,33H,3,5,9-10,13-14,17-19,21H2,1-2,4,6-8H3;3H2,1-2H3. The summed E-state index contributed by atoms with van der Waals surface area (Å²) in [5, 5.41) is 3.73. The highest BCUT2D eigenvalue weighted by molar-refractivity contribution is 5.60. The predicted molar refractivity (Wildman–Crippen MR) is 161 cm³/mol. The summed E-state index contributed by atoms with van der Waals surface area (Å²) in [4.78, 5) is 0. The van der Waals surface area contributed by atoms with Crippen LogP contribution in [-0.2, 0) is 6.42 Å². The van der Waals surface area contributed by atoms with E-state index >= 15 is 0 Å². The average Bonchev–Trinajstić information content (AvgIpc) is 3.11. The molecule has 1 heteroatoms. The normalized spacial score (nSPS) is 21.0. The Kier molecular flexibility index (Phi) is 11.8. The zero-order chi connectivity index (χ0) is 26.9. The largest absolute Gasteiger partial charge is 0.385 e. The van der Waals surface area contributed by atoms with Gasteiger partial charge in [-0.05, 0) is 84.6 Å². The van der Waals surface area contributed by atoms with Gasteiger partial charge in [0, 0.05) is 18.2 Å². The molecule has 0 aromatic heterocycles. The van der Waals surface area contributed by atoms with Gasteiger partial charge in [0.1, 0.15) is 0 Å². The van der Waals surface area contributed by atoms with Crippen LogP contribution in [0.2, 0.25) is 0 Å². The van der Waals surface area contributed by atoms with E-state index in [9.17, 15) is 0 Å². The van der Waals surface area contributed by atoms with Gasteiger partial charge in [-0.15, -0.1) is 0 Å². The lowest BCUT2D eigenvalue weighted by Crippen LogP contribution is -2.20. The first-order valence-electron chi connectivity index (χ1n) is 14.6. The van der Waals surface area contributed by atoms with Crippen molar-refractivity contribution in [1.29, 1.82) is 0 Å². The van der Waals surface area contributed by atoms with E-state index in [2.05, 4.69) is 104 Å². The van der Waals surface area contributed by atoms with Gasteiger partial charge in [0.2, 0.25) is 0 Å². The highest BCUT2D eigenvalue weighted by Gasteiger charge is 2.31. The van der Waals surface area contributed by atoms with Gasteiger partial charge in [-0.25, -0.2) is 0 Å². The summed E-state index contributed by atoms with van der Waals surface area (Å²) in [6, 6.07) is 8.92. The first kappa shape index (κ1) is 30.2. The summed E-state index contributed by atoms with van der Waals surface area (Å²) < 4.78 is 0. The van der Waals surface area contributed by atoms with Crippen molar-refractivity contribution in [3.63, 3.8) is 0 Å². The van der Waals surface area contributed by atoms with Crippen LogP contribution in [0, 0.1) is 30.1 Å². The molecule has 0 radical (unpaired) electrons. The molecule has 2 aliphatic rings. The minimum atomic E-state index is 0.250. The average molecular weight is 490 g/mol. The molecule has 0 saturated heterocycles. The molecule has 3 rings (SSSR count). The van der Waals surface area contributed by atoms with E-state index in [0.717, 1.165) is 31.7 Å². The Labute approximate surface area is 224 Å². The van der Waals surface area contributed by atoms with E-state index in [4.69, 9.17) is 0 Å². The van der Waals surface area contributed by atoms with Crippen molar-refractivity contribution in [3.8, 4) is 0 Å². The summed E-state index contributed by atoms with van der Waals surface area (Å²) >= 11 is 0. The summed E-state index contributed by atoms with van der Waals surface area (Å²) in [6.45, 7) is 28.4. The molecule has 0 aliphatic heterocycles. The maximum Gasteiger partial charge on any atom is 0.0413 e. The lowest BCUT2D eigenvalue weighted by molar-refractivity contribution is 0.310. The van der Waals surface area contributed by atoms with Gasteiger partial charge >= 0.3 is 0 Å². The van der Waals surface area contributed by atoms with Crippen LogP contribution in [0.15, 0.2) is 71.5 Å². The minimum absolute atomic E-state index is 0.250. The Balaban J connectivity index is 0.00000145. The third-order valence-corrected chi connectivity index (χ3v) is 7.64. The molecule has 1 atom stereocenters. The molecule has 1 N–H and O–H groups in total. The van der Waals surface area contributed by atoms with Crippen LogP contribution in [-0.4, -0.2) is 6.54 Å². The van der Waals surface area contributed by atoms with Crippen LogP contribution in [0.3, 0.4) is 0 Å². The van der Waals surface area contributed by atoms with Gasteiger partial charge in [0.05, 0.1) is 0 Å². The Morgan fingerprint density at radius 3 is 2.19 bits per heavy atom. The zero-order valence-electron chi connectivity index (χ0n) is 24.9. The molecule has 1 saturated carbocycles. The van der Waals surface area contributed by atoms with E-state index in [1.165, 1.54) is 71.2 Å². The predicted octanol–water partition coefficient (Wildman–Crippen LogP) is 10.1. The minimum Gasteiger partial charge on any atom is -0.385 e. The number of benzene rings is 1. The van der Waals surface area contributed by atoms with Gasteiger partial charge in [0.25, 0.3) is 0 Å². The lowest BCUT2D eigenvalue weighted by Gasteiger charge is -2.32. The summed E-state index contributed by atoms with van der Waals surface area (Å²) in [7, 11) is 0. The van der Waals surface area contributed by atoms with E-state index in [1.807, 2.05) is 0 Å². The number of rotatable bonds is 9. The smallest absolute Gasteiger partial charge is 0.0413 e. The van der Waals surface area contributed by atoms with Crippen molar-refractivity contribution >= 4 is 0 Å². The van der Waals surface area contributed by atoms with Crippen molar-refractivity contribution in [1.82, 2.24) is 5.32 Å². The van der Waals surface area contributed by atoms with E-state index in [0.29, 0.717) is 11.8 Å². The van der Waals surface area contributed by atoms with Gasteiger partial charge in [0.15, 0.2) is 0 Å². The molecule has 36 heavy (non-hydrogen) atoms.